The summed E-state index contributed by atoms with van der Waals surface area (Å²) in [5.41, 5.74) is 1.32. The third kappa shape index (κ3) is 1.86. The molecular formula is C12H10N4OS. The van der Waals surface area contributed by atoms with Gasteiger partial charge in [0, 0.05) is 6.20 Å². The fourth-order valence-corrected chi connectivity index (χ4v) is 2.32. The van der Waals surface area contributed by atoms with E-state index in [1.165, 1.54) is 11.3 Å². The minimum atomic E-state index is -0.126. The number of nitrogens with zero attached hydrogens (tertiary/aromatic N) is 3. The lowest BCUT2D eigenvalue weighted by Gasteiger charge is -2.04. The normalized spacial score (nSPS) is 10.7. The molecule has 90 valence electrons. The molecule has 0 aliphatic carbocycles. The van der Waals surface area contributed by atoms with Crippen molar-refractivity contribution < 1.29 is 4.79 Å². The van der Waals surface area contributed by atoms with E-state index in [9.17, 15) is 4.79 Å². The third-order valence-corrected chi connectivity index (χ3v) is 3.33. The fourth-order valence-electron chi connectivity index (χ4n) is 1.70. The molecule has 5 nitrogen and oxygen atoms in total. The molecule has 0 aliphatic rings. The lowest BCUT2D eigenvalue weighted by molar-refractivity contribution is 0.103. The number of anilines is 1. The van der Waals surface area contributed by atoms with Crippen molar-refractivity contribution in [3.8, 4) is 0 Å². The number of fused-ring (bicyclic) bond motifs is 1. The van der Waals surface area contributed by atoms with Gasteiger partial charge in [-0.05, 0) is 30.5 Å². The molecule has 0 fully saturated rings. The SMILES string of the molecule is Cc1nc2c(NC(=O)c3cccs3)cccn2n1. The van der Waals surface area contributed by atoms with Crippen LogP contribution in [0.5, 0.6) is 0 Å². The topological polar surface area (TPSA) is 59.3 Å². The Morgan fingerprint density at radius 2 is 2.28 bits per heavy atom. The second-order valence-electron chi connectivity index (χ2n) is 3.78. The van der Waals surface area contributed by atoms with Gasteiger partial charge < -0.3 is 5.32 Å². The summed E-state index contributed by atoms with van der Waals surface area (Å²) in [6.45, 7) is 1.82. The number of hydrogen-bond acceptors (Lipinski definition) is 4. The zero-order chi connectivity index (χ0) is 12.5. The Balaban J connectivity index is 1.97. The largest absolute Gasteiger partial charge is 0.318 e. The van der Waals surface area contributed by atoms with E-state index in [-0.39, 0.29) is 5.91 Å². The molecule has 6 heteroatoms. The number of carbonyl (C=O) groups is 1. The van der Waals surface area contributed by atoms with Crippen molar-refractivity contribution in [3.63, 3.8) is 0 Å². The van der Waals surface area contributed by atoms with Gasteiger partial charge in [0.2, 0.25) is 0 Å². The van der Waals surface area contributed by atoms with Crippen LogP contribution in [0.1, 0.15) is 15.5 Å². The summed E-state index contributed by atoms with van der Waals surface area (Å²) in [6.07, 6.45) is 1.80. The predicted molar refractivity (Wildman–Crippen MR) is 70.0 cm³/mol. The van der Waals surface area contributed by atoms with Crippen LogP contribution in [0.25, 0.3) is 5.65 Å². The van der Waals surface area contributed by atoms with Crippen molar-refractivity contribution in [1.82, 2.24) is 14.6 Å². The molecule has 0 aliphatic heterocycles. The molecule has 0 saturated carbocycles. The number of hydrogen-bond donors (Lipinski definition) is 1. The van der Waals surface area contributed by atoms with Gasteiger partial charge >= 0.3 is 0 Å². The zero-order valence-electron chi connectivity index (χ0n) is 9.62. The maximum absolute atomic E-state index is 12.0. The second-order valence-corrected chi connectivity index (χ2v) is 4.73. The lowest BCUT2D eigenvalue weighted by atomic mass is 10.3. The van der Waals surface area contributed by atoms with E-state index < -0.39 is 0 Å². The van der Waals surface area contributed by atoms with Crippen LogP contribution in [0.2, 0.25) is 0 Å². The monoisotopic (exact) mass is 258 g/mol. The number of aromatic nitrogens is 3. The molecule has 3 aromatic heterocycles. The summed E-state index contributed by atoms with van der Waals surface area (Å²) in [4.78, 5) is 16.9. The molecule has 0 atom stereocenters. The molecule has 3 rings (SSSR count). The Labute approximate surface area is 107 Å². The third-order valence-electron chi connectivity index (χ3n) is 2.46. The quantitative estimate of drug-likeness (QED) is 0.767. The first-order valence-electron chi connectivity index (χ1n) is 5.41. The Bertz CT molecular complexity index is 702. The molecular weight excluding hydrogens is 248 g/mol. The number of aryl methyl sites for hydroxylation is 1. The van der Waals surface area contributed by atoms with Crippen LogP contribution in [0.3, 0.4) is 0 Å². The van der Waals surface area contributed by atoms with Gasteiger partial charge in [-0.15, -0.1) is 11.3 Å². The van der Waals surface area contributed by atoms with Gasteiger partial charge in [-0.1, -0.05) is 6.07 Å². The van der Waals surface area contributed by atoms with E-state index in [1.54, 1.807) is 16.8 Å². The minimum absolute atomic E-state index is 0.126. The molecule has 3 heterocycles. The first-order chi connectivity index (χ1) is 8.74. The molecule has 3 aromatic rings. The van der Waals surface area contributed by atoms with Crippen molar-refractivity contribution in [2.24, 2.45) is 0 Å². The van der Waals surface area contributed by atoms with Gasteiger partial charge in [0.1, 0.15) is 5.82 Å². The molecule has 18 heavy (non-hydrogen) atoms. The molecule has 1 N–H and O–H groups in total. The van der Waals surface area contributed by atoms with E-state index in [2.05, 4.69) is 15.4 Å². The average molecular weight is 258 g/mol. The van der Waals surface area contributed by atoms with Gasteiger partial charge in [-0.2, -0.15) is 5.10 Å². The first kappa shape index (κ1) is 10.9. The van der Waals surface area contributed by atoms with Crippen LogP contribution in [0, 0.1) is 6.92 Å². The van der Waals surface area contributed by atoms with E-state index in [4.69, 9.17) is 0 Å². The van der Waals surface area contributed by atoms with E-state index in [0.29, 0.717) is 22.0 Å². The van der Waals surface area contributed by atoms with E-state index in [1.807, 2.05) is 30.5 Å². The average Bonchev–Trinajstić information content (AvgIpc) is 2.96. The van der Waals surface area contributed by atoms with Gasteiger partial charge in [0.15, 0.2) is 5.65 Å². The molecule has 0 bridgehead atoms. The number of rotatable bonds is 2. The standard InChI is InChI=1S/C12H10N4OS/c1-8-13-11-9(4-2-6-16(11)15-8)14-12(17)10-5-3-7-18-10/h2-7H,1H3,(H,14,17). The van der Waals surface area contributed by atoms with Crippen LogP contribution < -0.4 is 5.32 Å². The van der Waals surface area contributed by atoms with Crippen LogP contribution >= 0.6 is 11.3 Å². The van der Waals surface area contributed by atoms with Crippen molar-refractivity contribution in [1.29, 1.82) is 0 Å². The summed E-state index contributed by atoms with van der Waals surface area (Å²) < 4.78 is 1.65. The Hall–Kier alpha value is -2.21. The Morgan fingerprint density at radius 1 is 1.39 bits per heavy atom. The maximum Gasteiger partial charge on any atom is 0.265 e. The van der Waals surface area contributed by atoms with Crippen molar-refractivity contribution in [2.45, 2.75) is 6.92 Å². The fraction of sp³-hybridized carbons (Fsp3) is 0.0833. The van der Waals surface area contributed by atoms with Crippen LogP contribution in [0.15, 0.2) is 35.8 Å². The summed E-state index contributed by atoms with van der Waals surface area (Å²) >= 11 is 1.41. The van der Waals surface area contributed by atoms with Gasteiger partial charge in [0.05, 0.1) is 10.6 Å². The number of nitrogens with one attached hydrogen (secondary N) is 1. The summed E-state index contributed by atoms with van der Waals surface area (Å²) in [6, 6.07) is 7.27. The molecule has 0 spiro atoms. The van der Waals surface area contributed by atoms with Crippen LogP contribution in [-0.2, 0) is 0 Å². The molecule has 0 saturated heterocycles. The number of pyridine rings is 1. The number of thiophene rings is 1. The highest BCUT2D eigenvalue weighted by atomic mass is 32.1. The van der Waals surface area contributed by atoms with Gasteiger partial charge in [-0.3, -0.25) is 4.79 Å². The second kappa shape index (κ2) is 4.23. The highest BCUT2D eigenvalue weighted by Crippen LogP contribution is 2.17. The lowest BCUT2D eigenvalue weighted by Crippen LogP contribution is -2.11. The van der Waals surface area contributed by atoms with Gasteiger partial charge in [0.25, 0.3) is 5.91 Å². The van der Waals surface area contributed by atoms with Crippen molar-refractivity contribution in [3.05, 3.63) is 46.5 Å². The molecule has 0 unspecified atom stereocenters. The Morgan fingerprint density at radius 3 is 3.06 bits per heavy atom. The highest BCUT2D eigenvalue weighted by Gasteiger charge is 2.11. The van der Waals surface area contributed by atoms with E-state index >= 15 is 0 Å². The predicted octanol–water partition coefficient (Wildman–Crippen LogP) is 2.35. The van der Waals surface area contributed by atoms with Crippen molar-refractivity contribution in [2.75, 3.05) is 5.32 Å². The van der Waals surface area contributed by atoms with E-state index in [0.717, 1.165) is 0 Å². The maximum atomic E-state index is 12.0. The summed E-state index contributed by atoms with van der Waals surface area (Å²) in [5.74, 6) is 0.548. The first-order valence-corrected chi connectivity index (χ1v) is 6.29. The van der Waals surface area contributed by atoms with Crippen molar-refractivity contribution >= 4 is 28.6 Å². The highest BCUT2D eigenvalue weighted by molar-refractivity contribution is 7.12. The van der Waals surface area contributed by atoms with Crippen LogP contribution in [0.4, 0.5) is 5.69 Å². The smallest absolute Gasteiger partial charge is 0.265 e. The molecule has 0 radical (unpaired) electrons. The zero-order valence-corrected chi connectivity index (χ0v) is 10.4. The summed E-state index contributed by atoms with van der Waals surface area (Å²) in [5, 5.41) is 8.92. The summed E-state index contributed by atoms with van der Waals surface area (Å²) in [7, 11) is 0. The minimum Gasteiger partial charge on any atom is -0.318 e. The van der Waals surface area contributed by atoms with Gasteiger partial charge in [-0.25, -0.2) is 9.50 Å². The number of carbonyl (C=O) groups excluding carboxylic acids is 1. The number of amides is 1. The van der Waals surface area contributed by atoms with Crippen LogP contribution in [-0.4, -0.2) is 20.5 Å². The Kier molecular flexibility index (Phi) is 2.56. The molecule has 1 amide bonds. The molecule has 0 aromatic carbocycles.